The Morgan fingerprint density at radius 1 is 1.39 bits per heavy atom. The van der Waals surface area contributed by atoms with Crippen LogP contribution in [0.5, 0.6) is 0 Å². The number of rotatable bonds is 6. The summed E-state index contributed by atoms with van der Waals surface area (Å²) in [6.45, 7) is 2.59. The second-order valence-electron chi connectivity index (χ2n) is 5.43. The Labute approximate surface area is 133 Å². The fraction of sp³-hybridized carbons (Fsp3) is 0.375. The van der Waals surface area contributed by atoms with E-state index in [2.05, 4.69) is 10.3 Å². The highest BCUT2D eigenvalue weighted by Gasteiger charge is 2.28. The first-order chi connectivity index (χ1) is 10.8. The van der Waals surface area contributed by atoms with Gasteiger partial charge in [0.1, 0.15) is 0 Å². The number of amides is 1. The molecule has 0 fully saturated rings. The third kappa shape index (κ3) is 4.13. The average Bonchev–Trinajstić information content (AvgIpc) is 2.82. The summed E-state index contributed by atoms with van der Waals surface area (Å²) in [5.41, 5.74) is 7.78. The molecule has 0 bridgehead atoms. The lowest BCUT2D eigenvalue weighted by Gasteiger charge is -2.14. The van der Waals surface area contributed by atoms with E-state index in [1.807, 2.05) is 29.7 Å². The SMILES string of the molecule is Cc1cc(C(=O)NCC(F)(F)CN)c(C)n1Cc1ccccn1. The molecule has 0 aliphatic rings. The smallest absolute Gasteiger partial charge is 0.277 e. The summed E-state index contributed by atoms with van der Waals surface area (Å²) < 4.78 is 28.2. The van der Waals surface area contributed by atoms with Gasteiger partial charge in [0.25, 0.3) is 11.8 Å². The Morgan fingerprint density at radius 2 is 2.13 bits per heavy atom. The average molecular weight is 322 g/mol. The molecular weight excluding hydrogens is 302 g/mol. The third-order valence-electron chi connectivity index (χ3n) is 3.67. The molecule has 124 valence electrons. The van der Waals surface area contributed by atoms with Crippen molar-refractivity contribution in [1.29, 1.82) is 0 Å². The first-order valence-corrected chi connectivity index (χ1v) is 7.27. The van der Waals surface area contributed by atoms with Crippen LogP contribution >= 0.6 is 0 Å². The second-order valence-corrected chi connectivity index (χ2v) is 5.43. The number of carbonyl (C=O) groups excluding carboxylic acids is 1. The van der Waals surface area contributed by atoms with E-state index in [0.29, 0.717) is 17.8 Å². The van der Waals surface area contributed by atoms with Crippen molar-refractivity contribution < 1.29 is 13.6 Å². The molecule has 2 aromatic rings. The van der Waals surface area contributed by atoms with E-state index < -0.39 is 24.9 Å². The Hall–Kier alpha value is -2.28. The van der Waals surface area contributed by atoms with Crippen molar-refractivity contribution in [1.82, 2.24) is 14.9 Å². The highest BCUT2D eigenvalue weighted by molar-refractivity contribution is 5.95. The molecule has 0 saturated heterocycles. The Kier molecular flexibility index (Phi) is 5.10. The molecule has 3 N–H and O–H groups in total. The minimum atomic E-state index is -3.10. The van der Waals surface area contributed by atoms with Crippen molar-refractivity contribution >= 4 is 5.91 Å². The molecule has 0 aromatic carbocycles. The van der Waals surface area contributed by atoms with Gasteiger partial charge in [-0.1, -0.05) is 6.07 Å². The number of hydrogen-bond acceptors (Lipinski definition) is 3. The van der Waals surface area contributed by atoms with Gasteiger partial charge in [-0.3, -0.25) is 9.78 Å². The van der Waals surface area contributed by atoms with Crippen LogP contribution in [0.2, 0.25) is 0 Å². The van der Waals surface area contributed by atoms with Crippen LogP contribution in [-0.4, -0.2) is 34.5 Å². The second kappa shape index (κ2) is 6.87. The number of aromatic nitrogens is 2. The van der Waals surface area contributed by atoms with Crippen LogP contribution in [0, 0.1) is 13.8 Å². The molecule has 0 unspecified atom stereocenters. The zero-order valence-electron chi connectivity index (χ0n) is 13.1. The van der Waals surface area contributed by atoms with Gasteiger partial charge < -0.3 is 15.6 Å². The van der Waals surface area contributed by atoms with E-state index in [1.54, 1.807) is 19.2 Å². The summed E-state index contributed by atoms with van der Waals surface area (Å²) in [6, 6.07) is 7.29. The van der Waals surface area contributed by atoms with Crippen molar-refractivity contribution in [3.63, 3.8) is 0 Å². The lowest BCUT2D eigenvalue weighted by atomic mass is 10.2. The van der Waals surface area contributed by atoms with Gasteiger partial charge in [0.15, 0.2) is 0 Å². The van der Waals surface area contributed by atoms with E-state index in [-0.39, 0.29) is 0 Å². The summed E-state index contributed by atoms with van der Waals surface area (Å²) in [7, 11) is 0. The number of hydrogen-bond donors (Lipinski definition) is 2. The Bertz CT molecular complexity index is 683. The molecule has 2 aromatic heterocycles. The van der Waals surface area contributed by atoms with Crippen LogP contribution < -0.4 is 11.1 Å². The van der Waals surface area contributed by atoms with Crippen LogP contribution in [-0.2, 0) is 6.54 Å². The van der Waals surface area contributed by atoms with E-state index >= 15 is 0 Å². The van der Waals surface area contributed by atoms with Gasteiger partial charge in [-0.15, -0.1) is 0 Å². The Balaban J connectivity index is 2.15. The molecule has 0 atom stereocenters. The lowest BCUT2D eigenvalue weighted by Crippen LogP contribution is -2.41. The van der Waals surface area contributed by atoms with Gasteiger partial charge in [-0.05, 0) is 32.0 Å². The monoisotopic (exact) mass is 322 g/mol. The van der Waals surface area contributed by atoms with Crippen molar-refractivity contribution in [3.05, 3.63) is 53.1 Å². The van der Waals surface area contributed by atoms with Crippen LogP contribution in [0.3, 0.4) is 0 Å². The quantitative estimate of drug-likeness (QED) is 0.853. The number of nitrogens with one attached hydrogen (secondary N) is 1. The number of aryl methyl sites for hydroxylation is 1. The maximum Gasteiger partial charge on any atom is 0.277 e. The number of halogens is 2. The van der Waals surface area contributed by atoms with Crippen LogP contribution in [0.25, 0.3) is 0 Å². The van der Waals surface area contributed by atoms with E-state index in [9.17, 15) is 13.6 Å². The molecule has 1 amide bonds. The van der Waals surface area contributed by atoms with Crippen molar-refractivity contribution in [2.24, 2.45) is 5.73 Å². The molecule has 0 saturated carbocycles. The fourth-order valence-electron chi connectivity index (χ4n) is 2.30. The van der Waals surface area contributed by atoms with Gasteiger partial charge >= 0.3 is 0 Å². The molecule has 0 radical (unpaired) electrons. The highest BCUT2D eigenvalue weighted by atomic mass is 19.3. The van der Waals surface area contributed by atoms with E-state index in [1.165, 1.54) is 0 Å². The van der Waals surface area contributed by atoms with Crippen LogP contribution in [0.1, 0.15) is 27.4 Å². The molecule has 5 nitrogen and oxygen atoms in total. The number of alkyl halides is 2. The number of carbonyl (C=O) groups is 1. The highest BCUT2D eigenvalue weighted by Crippen LogP contribution is 2.17. The van der Waals surface area contributed by atoms with Crippen molar-refractivity contribution in [3.8, 4) is 0 Å². The van der Waals surface area contributed by atoms with Crippen LogP contribution in [0.4, 0.5) is 8.78 Å². The molecule has 2 rings (SSSR count). The molecule has 23 heavy (non-hydrogen) atoms. The maximum absolute atomic E-state index is 13.1. The van der Waals surface area contributed by atoms with Gasteiger partial charge in [0, 0.05) is 17.6 Å². The van der Waals surface area contributed by atoms with Gasteiger partial charge in [-0.25, -0.2) is 8.78 Å². The minimum absolute atomic E-state index is 0.381. The molecular formula is C16H20F2N4O. The van der Waals surface area contributed by atoms with Gasteiger partial charge in [0.05, 0.1) is 30.9 Å². The molecule has 7 heteroatoms. The molecule has 2 heterocycles. The number of nitrogens with zero attached hydrogens (tertiary/aromatic N) is 2. The Morgan fingerprint density at radius 3 is 2.74 bits per heavy atom. The van der Waals surface area contributed by atoms with Crippen LogP contribution in [0.15, 0.2) is 30.5 Å². The zero-order chi connectivity index (χ0) is 17.0. The van der Waals surface area contributed by atoms with E-state index in [0.717, 1.165) is 11.4 Å². The summed E-state index contributed by atoms with van der Waals surface area (Å²) in [5.74, 6) is -3.63. The third-order valence-corrected chi connectivity index (χ3v) is 3.67. The van der Waals surface area contributed by atoms with Gasteiger partial charge in [-0.2, -0.15) is 0 Å². The largest absolute Gasteiger partial charge is 0.346 e. The summed E-state index contributed by atoms with van der Waals surface area (Å²) in [6.07, 6.45) is 1.70. The number of pyridine rings is 1. The predicted molar refractivity (Wildman–Crippen MR) is 83.6 cm³/mol. The number of nitrogens with two attached hydrogens (primary N) is 1. The normalized spacial score (nSPS) is 11.5. The summed E-state index contributed by atoms with van der Waals surface area (Å²) in [5, 5.41) is 2.24. The molecule has 0 spiro atoms. The van der Waals surface area contributed by atoms with Crippen molar-refractivity contribution in [2.75, 3.05) is 13.1 Å². The first kappa shape index (κ1) is 17.1. The summed E-state index contributed by atoms with van der Waals surface area (Å²) >= 11 is 0. The van der Waals surface area contributed by atoms with E-state index in [4.69, 9.17) is 5.73 Å². The molecule has 0 aliphatic carbocycles. The fourth-order valence-corrected chi connectivity index (χ4v) is 2.30. The minimum Gasteiger partial charge on any atom is -0.346 e. The first-order valence-electron chi connectivity index (χ1n) is 7.27. The van der Waals surface area contributed by atoms with Gasteiger partial charge in [0.2, 0.25) is 0 Å². The zero-order valence-corrected chi connectivity index (χ0v) is 13.1. The standard InChI is InChI=1S/C16H20F2N4O/c1-11-7-14(15(23)21-10-16(17,18)9-19)12(2)22(11)8-13-5-3-4-6-20-13/h3-7H,8-10,19H2,1-2H3,(H,21,23). The van der Waals surface area contributed by atoms with Crippen molar-refractivity contribution in [2.45, 2.75) is 26.3 Å². The topological polar surface area (TPSA) is 72.9 Å². The maximum atomic E-state index is 13.1. The molecule has 0 aliphatic heterocycles. The predicted octanol–water partition coefficient (Wildman–Crippen LogP) is 1.87. The summed E-state index contributed by atoms with van der Waals surface area (Å²) in [4.78, 5) is 16.4. The lowest BCUT2D eigenvalue weighted by molar-refractivity contribution is 0.0118.